The SMILES string of the molecule is CC[C@@H](C)NC(=S)Nc1ccc(OC)c(OC)c1. The van der Waals surface area contributed by atoms with Crippen LogP contribution < -0.4 is 20.1 Å². The van der Waals surface area contributed by atoms with Gasteiger partial charge in [0.2, 0.25) is 0 Å². The maximum absolute atomic E-state index is 5.23. The van der Waals surface area contributed by atoms with Crippen molar-refractivity contribution < 1.29 is 9.47 Å². The van der Waals surface area contributed by atoms with E-state index in [-0.39, 0.29) is 0 Å². The van der Waals surface area contributed by atoms with Gasteiger partial charge >= 0.3 is 0 Å². The van der Waals surface area contributed by atoms with Crippen LogP contribution in [0.4, 0.5) is 5.69 Å². The summed E-state index contributed by atoms with van der Waals surface area (Å²) >= 11 is 5.23. The lowest BCUT2D eigenvalue weighted by Gasteiger charge is -2.16. The lowest BCUT2D eigenvalue weighted by molar-refractivity contribution is 0.355. The molecule has 0 aliphatic heterocycles. The maximum Gasteiger partial charge on any atom is 0.170 e. The molecule has 4 nitrogen and oxygen atoms in total. The Labute approximate surface area is 114 Å². The van der Waals surface area contributed by atoms with Gasteiger partial charge in [-0.3, -0.25) is 0 Å². The van der Waals surface area contributed by atoms with Crippen LogP contribution in [0, 0.1) is 0 Å². The zero-order chi connectivity index (χ0) is 13.5. The Bertz CT molecular complexity index is 410. The van der Waals surface area contributed by atoms with E-state index in [0.717, 1.165) is 12.1 Å². The fraction of sp³-hybridized carbons (Fsp3) is 0.462. The molecule has 0 radical (unpaired) electrons. The molecule has 1 aromatic rings. The van der Waals surface area contributed by atoms with Gasteiger partial charge in [0, 0.05) is 17.8 Å². The van der Waals surface area contributed by atoms with Crippen LogP contribution in [0.15, 0.2) is 18.2 Å². The van der Waals surface area contributed by atoms with Crippen LogP contribution >= 0.6 is 12.2 Å². The van der Waals surface area contributed by atoms with E-state index in [0.29, 0.717) is 22.7 Å². The van der Waals surface area contributed by atoms with Gasteiger partial charge in [0.25, 0.3) is 0 Å². The number of hydrogen-bond donors (Lipinski definition) is 2. The van der Waals surface area contributed by atoms with Crippen molar-refractivity contribution in [1.82, 2.24) is 5.32 Å². The first-order chi connectivity index (χ1) is 8.60. The molecule has 1 aromatic carbocycles. The minimum Gasteiger partial charge on any atom is -0.493 e. The molecule has 0 bridgehead atoms. The summed E-state index contributed by atoms with van der Waals surface area (Å²) in [5, 5.41) is 6.92. The third-order valence-corrected chi connectivity index (χ3v) is 2.85. The van der Waals surface area contributed by atoms with Gasteiger partial charge in [-0.15, -0.1) is 0 Å². The predicted octanol–water partition coefficient (Wildman–Crippen LogP) is 2.79. The molecule has 0 aliphatic carbocycles. The topological polar surface area (TPSA) is 42.5 Å². The van der Waals surface area contributed by atoms with E-state index < -0.39 is 0 Å². The van der Waals surface area contributed by atoms with Gasteiger partial charge < -0.3 is 20.1 Å². The Balaban J connectivity index is 2.70. The molecule has 5 heteroatoms. The average molecular weight is 268 g/mol. The highest BCUT2D eigenvalue weighted by Gasteiger charge is 2.06. The molecule has 0 spiro atoms. The second-order valence-corrected chi connectivity index (χ2v) is 4.39. The average Bonchev–Trinajstić information content (AvgIpc) is 2.38. The molecule has 1 atom stereocenters. The number of benzene rings is 1. The lowest BCUT2D eigenvalue weighted by Crippen LogP contribution is -2.35. The molecular weight excluding hydrogens is 248 g/mol. The Morgan fingerprint density at radius 2 is 1.94 bits per heavy atom. The van der Waals surface area contributed by atoms with Crippen LogP contribution in [0.5, 0.6) is 11.5 Å². The Hall–Kier alpha value is -1.49. The van der Waals surface area contributed by atoms with Gasteiger partial charge in [-0.05, 0) is 37.7 Å². The predicted molar refractivity (Wildman–Crippen MR) is 78.7 cm³/mol. The fourth-order valence-electron chi connectivity index (χ4n) is 1.41. The summed E-state index contributed by atoms with van der Waals surface area (Å²) in [5.41, 5.74) is 0.869. The van der Waals surface area contributed by atoms with Crippen molar-refractivity contribution in [3.63, 3.8) is 0 Å². The maximum atomic E-state index is 5.23. The molecule has 0 unspecified atom stereocenters. The number of rotatable bonds is 5. The van der Waals surface area contributed by atoms with Crippen molar-refractivity contribution in [2.45, 2.75) is 26.3 Å². The summed E-state index contributed by atoms with van der Waals surface area (Å²) < 4.78 is 10.4. The van der Waals surface area contributed by atoms with Crippen molar-refractivity contribution in [3.05, 3.63) is 18.2 Å². The first-order valence-corrected chi connectivity index (χ1v) is 6.31. The zero-order valence-electron chi connectivity index (χ0n) is 11.2. The summed E-state index contributed by atoms with van der Waals surface area (Å²) in [7, 11) is 3.22. The second-order valence-electron chi connectivity index (χ2n) is 3.98. The monoisotopic (exact) mass is 268 g/mol. The van der Waals surface area contributed by atoms with E-state index in [4.69, 9.17) is 21.7 Å². The molecule has 0 aliphatic rings. The van der Waals surface area contributed by atoms with E-state index in [1.807, 2.05) is 18.2 Å². The van der Waals surface area contributed by atoms with Crippen LogP contribution in [0.3, 0.4) is 0 Å². The molecule has 0 saturated carbocycles. The molecule has 1 rings (SSSR count). The summed E-state index contributed by atoms with van der Waals surface area (Å²) in [4.78, 5) is 0. The molecule has 0 amide bonds. The van der Waals surface area contributed by atoms with Crippen LogP contribution in [0.1, 0.15) is 20.3 Å². The van der Waals surface area contributed by atoms with E-state index >= 15 is 0 Å². The standard InChI is InChI=1S/C13H20N2O2S/c1-5-9(2)14-13(18)15-10-6-7-11(16-3)12(8-10)17-4/h6-9H,5H2,1-4H3,(H2,14,15,18)/t9-/m1/s1. The van der Waals surface area contributed by atoms with Gasteiger partial charge in [0.15, 0.2) is 16.6 Å². The molecule has 0 saturated heterocycles. The second kappa shape index (κ2) is 7.06. The summed E-state index contributed by atoms with van der Waals surface area (Å²) in [6.45, 7) is 4.19. The van der Waals surface area contributed by atoms with Gasteiger partial charge in [0.05, 0.1) is 14.2 Å². The van der Waals surface area contributed by atoms with Crippen molar-refractivity contribution in [2.24, 2.45) is 0 Å². The molecular formula is C13H20N2O2S. The number of anilines is 1. The molecule has 2 N–H and O–H groups in total. The normalized spacial score (nSPS) is 11.6. The Morgan fingerprint density at radius 3 is 2.50 bits per heavy atom. The van der Waals surface area contributed by atoms with Gasteiger partial charge in [-0.25, -0.2) is 0 Å². The summed E-state index contributed by atoms with van der Waals surface area (Å²) in [5.74, 6) is 1.37. The Morgan fingerprint density at radius 1 is 1.28 bits per heavy atom. The lowest BCUT2D eigenvalue weighted by atomic mass is 10.2. The van der Waals surface area contributed by atoms with E-state index in [1.54, 1.807) is 14.2 Å². The number of ether oxygens (including phenoxy) is 2. The third-order valence-electron chi connectivity index (χ3n) is 2.63. The molecule has 100 valence electrons. The Kier molecular flexibility index (Phi) is 5.71. The van der Waals surface area contributed by atoms with E-state index in [2.05, 4.69) is 24.5 Å². The van der Waals surface area contributed by atoms with E-state index in [1.165, 1.54) is 0 Å². The van der Waals surface area contributed by atoms with Crippen molar-refractivity contribution in [2.75, 3.05) is 19.5 Å². The van der Waals surface area contributed by atoms with Crippen LogP contribution in [0.25, 0.3) is 0 Å². The fourth-order valence-corrected chi connectivity index (χ4v) is 1.73. The van der Waals surface area contributed by atoms with Crippen molar-refractivity contribution in [3.8, 4) is 11.5 Å². The summed E-state index contributed by atoms with van der Waals surface area (Å²) in [6, 6.07) is 5.94. The largest absolute Gasteiger partial charge is 0.493 e. The molecule has 0 aromatic heterocycles. The minimum absolute atomic E-state index is 0.352. The molecule has 18 heavy (non-hydrogen) atoms. The number of hydrogen-bond acceptors (Lipinski definition) is 3. The van der Waals surface area contributed by atoms with Crippen LogP contribution in [0.2, 0.25) is 0 Å². The number of thiocarbonyl (C=S) groups is 1. The van der Waals surface area contributed by atoms with E-state index in [9.17, 15) is 0 Å². The zero-order valence-corrected chi connectivity index (χ0v) is 12.1. The molecule has 0 fully saturated rings. The first-order valence-electron chi connectivity index (χ1n) is 5.90. The van der Waals surface area contributed by atoms with Crippen LogP contribution in [-0.4, -0.2) is 25.4 Å². The van der Waals surface area contributed by atoms with Crippen LogP contribution in [-0.2, 0) is 0 Å². The number of methoxy groups -OCH3 is 2. The first kappa shape index (κ1) is 14.6. The smallest absolute Gasteiger partial charge is 0.170 e. The van der Waals surface area contributed by atoms with Crippen molar-refractivity contribution in [1.29, 1.82) is 0 Å². The van der Waals surface area contributed by atoms with Gasteiger partial charge in [-0.1, -0.05) is 6.92 Å². The van der Waals surface area contributed by atoms with Crippen molar-refractivity contribution >= 4 is 23.0 Å². The molecule has 0 heterocycles. The third kappa shape index (κ3) is 4.07. The minimum atomic E-state index is 0.352. The quantitative estimate of drug-likeness (QED) is 0.804. The van der Waals surface area contributed by atoms with Gasteiger partial charge in [-0.2, -0.15) is 0 Å². The summed E-state index contributed by atoms with van der Waals surface area (Å²) in [6.07, 6.45) is 1.02. The number of nitrogens with one attached hydrogen (secondary N) is 2. The highest BCUT2D eigenvalue weighted by atomic mass is 32.1. The van der Waals surface area contributed by atoms with Gasteiger partial charge in [0.1, 0.15) is 0 Å². The highest BCUT2D eigenvalue weighted by molar-refractivity contribution is 7.80. The highest BCUT2D eigenvalue weighted by Crippen LogP contribution is 2.29.